The van der Waals surface area contributed by atoms with Gasteiger partial charge in [-0.05, 0) is 91.2 Å². The normalized spacial score (nSPS) is 18.9. The van der Waals surface area contributed by atoms with Crippen molar-refractivity contribution in [2.45, 2.75) is 90.6 Å². The van der Waals surface area contributed by atoms with E-state index in [0.29, 0.717) is 55.7 Å². The van der Waals surface area contributed by atoms with Crippen molar-refractivity contribution in [1.29, 1.82) is 0 Å². The number of hydrogen-bond donors (Lipinski definition) is 4. The molecule has 0 aliphatic carbocycles. The van der Waals surface area contributed by atoms with Gasteiger partial charge in [-0.1, -0.05) is 80.9 Å². The van der Waals surface area contributed by atoms with Crippen LogP contribution >= 0.6 is 22.9 Å². The van der Waals surface area contributed by atoms with E-state index < -0.39 is 41.2 Å². The Bertz CT molecular complexity index is 3030. The minimum absolute atomic E-state index is 0.00457. The predicted molar refractivity (Wildman–Crippen MR) is 291 cm³/mol. The summed E-state index contributed by atoms with van der Waals surface area (Å²) >= 11 is 8.48. The molecule has 3 saturated heterocycles. The number of aryl methyl sites for hydroxylation is 1. The highest BCUT2D eigenvalue weighted by Gasteiger charge is 2.45. The lowest BCUT2D eigenvalue weighted by molar-refractivity contribution is -0.145. The number of thiazole rings is 1. The molecule has 3 fully saturated rings. The maximum atomic E-state index is 17.0. The Labute approximate surface area is 446 Å². The van der Waals surface area contributed by atoms with Gasteiger partial charge < -0.3 is 49.9 Å². The average Bonchev–Trinajstić information content (AvgIpc) is 4.01. The number of carbonyl (C=O) groups is 3. The number of hydrogen-bond acceptors (Lipinski definition) is 14. The third-order valence-corrected chi connectivity index (χ3v) is 15.9. The van der Waals surface area contributed by atoms with E-state index in [4.69, 9.17) is 26.1 Å². The number of likely N-dealkylation sites (tertiary alicyclic amines) is 2. The van der Waals surface area contributed by atoms with E-state index in [-0.39, 0.29) is 65.5 Å². The van der Waals surface area contributed by atoms with Crippen molar-refractivity contribution in [3.63, 3.8) is 0 Å². The topological polar surface area (TPSA) is 186 Å². The Hall–Kier alpha value is -6.02. The zero-order chi connectivity index (χ0) is 53.1. The minimum atomic E-state index is -0.975. The Balaban J connectivity index is 0.767. The molecule has 6 aromatic rings. The molecule has 0 radical (unpaired) electrons. The fraction of sp³-hybridized carbons (Fsp3) is 0.464. The molecule has 4 atom stereocenters. The number of anilines is 1. The lowest BCUT2D eigenvalue weighted by Gasteiger charge is -2.36. The summed E-state index contributed by atoms with van der Waals surface area (Å²) in [6.07, 6.45) is 1.10. The molecular formula is C56H67ClFN9O7S. The Morgan fingerprint density at radius 2 is 1.69 bits per heavy atom. The van der Waals surface area contributed by atoms with Crippen molar-refractivity contribution in [2.24, 2.45) is 5.41 Å². The van der Waals surface area contributed by atoms with Crippen molar-refractivity contribution in [1.82, 2.24) is 40.3 Å². The number of piperazine rings is 1. The van der Waals surface area contributed by atoms with Crippen molar-refractivity contribution in [2.75, 3.05) is 77.5 Å². The predicted octanol–water partition coefficient (Wildman–Crippen LogP) is 7.75. The van der Waals surface area contributed by atoms with Crippen LogP contribution in [0.3, 0.4) is 0 Å². The van der Waals surface area contributed by atoms with Gasteiger partial charge in [0.2, 0.25) is 17.7 Å². The summed E-state index contributed by atoms with van der Waals surface area (Å²) in [5.41, 5.74) is 4.69. The van der Waals surface area contributed by atoms with Crippen LogP contribution in [0.25, 0.3) is 43.2 Å². The summed E-state index contributed by atoms with van der Waals surface area (Å²) in [4.78, 5) is 64.4. The third-order valence-electron chi connectivity index (χ3n) is 14.7. The number of carbonyl (C=O) groups excluding carboxylic acids is 3. The zero-order valence-corrected chi connectivity index (χ0v) is 45.0. The average molecular weight is 1060 g/mol. The number of nitrogens with one attached hydrogen (secondary N) is 2. The number of β-amino-alcohol motifs (C(OH)–C–C–N with tert-alkyl or cyclic N) is 1. The van der Waals surface area contributed by atoms with Gasteiger partial charge in [0.25, 0.3) is 0 Å². The van der Waals surface area contributed by atoms with Crippen LogP contribution in [-0.4, -0.2) is 154 Å². The molecule has 2 aromatic heterocycles. The summed E-state index contributed by atoms with van der Waals surface area (Å²) in [5, 5.41) is 29.5. The van der Waals surface area contributed by atoms with Gasteiger partial charge in [0.1, 0.15) is 35.8 Å². The van der Waals surface area contributed by atoms with Gasteiger partial charge in [0.15, 0.2) is 5.82 Å². The van der Waals surface area contributed by atoms with Crippen LogP contribution in [-0.2, 0) is 19.1 Å². The molecule has 4 aromatic carbocycles. The summed E-state index contributed by atoms with van der Waals surface area (Å²) < 4.78 is 29.3. The number of ether oxygens (including phenoxy) is 2. The third kappa shape index (κ3) is 12.3. The number of nitrogens with zero attached hydrogens (tertiary/aromatic N) is 7. The molecular weight excluding hydrogens is 997 g/mol. The molecule has 4 N–H and O–H groups in total. The molecule has 16 nitrogen and oxygen atoms in total. The van der Waals surface area contributed by atoms with Gasteiger partial charge in [-0.3, -0.25) is 14.4 Å². The second-order valence-electron chi connectivity index (χ2n) is 21.2. The fourth-order valence-corrected chi connectivity index (χ4v) is 11.5. The van der Waals surface area contributed by atoms with E-state index in [0.717, 1.165) is 65.2 Å². The highest BCUT2D eigenvalue weighted by atomic mass is 35.5. The van der Waals surface area contributed by atoms with Gasteiger partial charge in [-0.2, -0.15) is 9.97 Å². The smallest absolute Gasteiger partial charge is 0.319 e. The number of phenolic OH excluding ortho intramolecular Hbond substituents is 1. The number of rotatable bonds is 16. The first-order chi connectivity index (χ1) is 35.9. The molecule has 75 heavy (non-hydrogen) atoms. The maximum Gasteiger partial charge on any atom is 0.319 e. The van der Waals surface area contributed by atoms with Gasteiger partial charge in [0.05, 0.1) is 46.0 Å². The highest BCUT2D eigenvalue weighted by molar-refractivity contribution is 7.13. The van der Waals surface area contributed by atoms with Gasteiger partial charge in [-0.25, -0.2) is 9.37 Å². The molecule has 3 amide bonds. The van der Waals surface area contributed by atoms with E-state index in [1.165, 1.54) is 11.0 Å². The van der Waals surface area contributed by atoms with Gasteiger partial charge in [0, 0.05) is 69.7 Å². The molecule has 9 rings (SSSR count). The SMILES string of the molecule is Cc1ncsc1-c1ccc([C@H](C)NC(=O)[C@@H]2C[C@@H](O)CN2C(=O)[C@@H](NC(=O)COC2CCN(CCCOc3nc(N4CCN(C)CC4)c4cc(Cl)c(-c5cc(O)cc6ccccc56)c(F)c4n3)CC2)C(C)(C)C)cc1. The van der Waals surface area contributed by atoms with E-state index >= 15 is 4.39 Å². The molecule has 0 saturated carbocycles. The molecule has 0 unspecified atom stereocenters. The molecule has 3 aliphatic rings. The summed E-state index contributed by atoms with van der Waals surface area (Å²) in [7, 11) is 2.06. The molecule has 3 aliphatic heterocycles. The summed E-state index contributed by atoms with van der Waals surface area (Å²) in [6, 6.07) is 18.1. The Kier molecular flexibility index (Phi) is 16.5. The van der Waals surface area contributed by atoms with E-state index in [9.17, 15) is 24.6 Å². The fourth-order valence-electron chi connectivity index (χ4n) is 10.4. The number of benzene rings is 4. The molecule has 19 heteroatoms. The number of halogens is 2. The molecule has 398 valence electrons. The van der Waals surface area contributed by atoms with Crippen molar-refractivity contribution in [3.05, 3.63) is 94.3 Å². The Morgan fingerprint density at radius 3 is 2.40 bits per heavy atom. The van der Waals surface area contributed by atoms with Gasteiger partial charge >= 0.3 is 6.01 Å². The molecule has 5 heterocycles. The molecule has 0 spiro atoms. The van der Waals surface area contributed by atoms with E-state index in [1.54, 1.807) is 23.5 Å². The number of aromatic nitrogens is 3. The summed E-state index contributed by atoms with van der Waals surface area (Å²) in [6.45, 7) is 14.6. The lowest BCUT2D eigenvalue weighted by atomic mass is 9.85. The van der Waals surface area contributed by atoms with Crippen LogP contribution in [0.4, 0.5) is 10.2 Å². The number of piperidine rings is 1. The van der Waals surface area contributed by atoms with Crippen LogP contribution in [0.15, 0.2) is 72.2 Å². The number of likely N-dealkylation sites (N-methyl/N-ethyl adjacent to an activating group) is 1. The Morgan fingerprint density at radius 1 is 0.960 bits per heavy atom. The number of phenols is 1. The standard InChI is InChI=1S/C56H67ClFN9O7S/c1-33(35-12-14-36(15-13-35)50-34(2)59-32-75-50)60-53(71)45-28-39(69)30-67(45)54(72)51(56(3,4)5)61-46(70)31-74-40-16-19-65(20-17-40)18-9-25-73-55-62-49-43(52(63-55)66-23-21-64(6)22-24-66)29-44(57)47(48(49)58)42-27-38(68)26-37-10-7-8-11-41(37)42/h7-8,10-15,26-27,29,32-33,39-40,45,51,68-69H,9,16-25,28,30-31H2,1-6H3,(H,60,71)(H,61,70)/t33-,39+,45-,51+/m0/s1. The first kappa shape index (κ1) is 53.8. The monoisotopic (exact) mass is 1060 g/mol. The largest absolute Gasteiger partial charge is 0.508 e. The zero-order valence-electron chi connectivity index (χ0n) is 43.4. The van der Waals surface area contributed by atoms with Crippen molar-refractivity contribution < 1.29 is 38.5 Å². The quantitative estimate of drug-likeness (QED) is 0.0691. The van der Waals surface area contributed by atoms with Crippen molar-refractivity contribution in [3.8, 4) is 33.3 Å². The molecule has 0 bridgehead atoms. The number of aliphatic hydroxyl groups is 1. The van der Waals surface area contributed by atoms with Crippen LogP contribution < -0.4 is 20.3 Å². The van der Waals surface area contributed by atoms with E-state index in [2.05, 4.69) is 42.3 Å². The number of aromatic hydroxyl groups is 1. The first-order valence-electron chi connectivity index (χ1n) is 25.8. The summed E-state index contributed by atoms with van der Waals surface area (Å²) in [5.74, 6) is -1.31. The lowest BCUT2D eigenvalue weighted by Crippen LogP contribution is -2.58. The number of aliphatic hydroxyl groups excluding tert-OH is 1. The van der Waals surface area contributed by atoms with Crippen LogP contribution in [0.1, 0.15) is 70.7 Å². The van der Waals surface area contributed by atoms with Gasteiger partial charge in [-0.15, -0.1) is 11.3 Å². The maximum absolute atomic E-state index is 17.0. The number of amides is 3. The first-order valence-corrected chi connectivity index (χ1v) is 27.1. The second-order valence-corrected chi connectivity index (χ2v) is 22.5. The van der Waals surface area contributed by atoms with Crippen LogP contribution in [0.2, 0.25) is 5.02 Å². The second kappa shape index (κ2) is 23.1. The minimum Gasteiger partial charge on any atom is -0.508 e. The van der Waals surface area contributed by atoms with Crippen LogP contribution in [0.5, 0.6) is 11.8 Å². The van der Waals surface area contributed by atoms with E-state index in [1.807, 2.05) is 88.7 Å². The van der Waals surface area contributed by atoms with Crippen LogP contribution in [0, 0.1) is 18.2 Å². The van der Waals surface area contributed by atoms with Crippen molar-refractivity contribution >= 4 is 68.2 Å². The highest BCUT2D eigenvalue weighted by Crippen LogP contribution is 2.43. The number of fused-ring (bicyclic) bond motifs is 2.